The molecule has 1 aromatic carbocycles. The second kappa shape index (κ2) is 7.23. The number of nitrogens with one attached hydrogen (secondary N) is 2. The van der Waals surface area contributed by atoms with E-state index in [2.05, 4.69) is 10.6 Å². The van der Waals surface area contributed by atoms with E-state index in [1.165, 1.54) is 25.0 Å². The van der Waals surface area contributed by atoms with Gasteiger partial charge in [-0.15, -0.1) is 12.4 Å². The van der Waals surface area contributed by atoms with Crippen LogP contribution in [0.2, 0.25) is 0 Å². The lowest BCUT2D eigenvalue weighted by Gasteiger charge is -2.28. The van der Waals surface area contributed by atoms with Gasteiger partial charge in [-0.3, -0.25) is 4.79 Å². The minimum absolute atomic E-state index is 0. The third-order valence-corrected chi connectivity index (χ3v) is 4.45. The summed E-state index contributed by atoms with van der Waals surface area (Å²) >= 11 is 0. The molecule has 21 heavy (non-hydrogen) atoms. The highest BCUT2D eigenvalue weighted by atomic mass is 35.5. The van der Waals surface area contributed by atoms with Gasteiger partial charge in [-0.05, 0) is 49.3 Å². The van der Waals surface area contributed by atoms with Crippen LogP contribution in [0.15, 0.2) is 24.3 Å². The first-order valence-electron chi connectivity index (χ1n) is 7.46. The van der Waals surface area contributed by atoms with Gasteiger partial charge in [0.1, 0.15) is 5.82 Å². The number of hydrogen-bond donors (Lipinski definition) is 2. The van der Waals surface area contributed by atoms with E-state index >= 15 is 0 Å². The van der Waals surface area contributed by atoms with Crippen molar-refractivity contribution in [1.82, 2.24) is 10.6 Å². The Morgan fingerprint density at radius 1 is 1.19 bits per heavy atom. The Morgan fingerprint density at radius 2 is 1.81 bits per heavy atom. The van der Waals surface area contributed by atoms with Gasteiger partial charge in [-0.25, -0.2) is 4.39 Å². The fourth-order valence-corrected chi connectivity index (χ4v) is 3.48. The summed E-state index contributed by atoms with van der Waals surface area (Å²) in [6, 6.07) is 7.52. The van der Waals surface area contributed by atoms with Gasteiger partial charge in [-0.2, -0.15) is 0 Å². The number of piperidine rings is 1. The molecule has 0 radical (unpaired) electrons. The summed E-state index contributed by atoms with van der Waals surface area (Å²) in [5.74, 6) is 0.382. The van der Waals surface area contributed by atoms with Crippen molar-refractivity contribution in [2.45, 2.75) is 50.7 Å². The van der Waals surface area contributed by atoms with Crippen LogP contribution in [0.25, 0.3) is 0 Å². The minimum atomic E-state index is -0.245. The highest BCUT2D eigenvalue weighted by Gasteiger charge is 2.33. The van der Waals surface area contributed by atoms with Crippen LogP contribution in [0, 0.1) is 11.7 Å². The van der Waals surface area contributed by atoms with Crippen molar-refractivity contribution in [3.05, 3.63) is 35.6 Å². The summed E-state index contributed by atoms with van der Waals surface area (Å²) in [6.45, 7) is 0.483. The maximum atomic E-state index is 12.8. The summed E-state index contributed by atoms with van der Waals surface area (Å²) in [7, 11) is 0. The molecule has 2 bridgehead atoms. The number of carbonyl (C=O) groups is 1. The molecular formula is C16H22ClFN2O. The normalized spacial score (nSPS) is 27.0. The van der Waals surface area contributed by atoms with E-state index in [4.69, 9.17) is 0 Å². The van der Waals surface area contributed by atoms with Gasteiger partial charge in [0, 0.05) is 25.0 Å². The van der Waals surface area contributed by atoms with E-state index in [0.29, 0.717) is 31.0 Å². The summed E-state index contributed by atoms with van der Waals surface area (Å²) in [5.41, 5.74) is 0.935. The molecule has 2 unspecified atom stereocenters. The Hall–Kier alpha value is -1.13. The van der Waals surface area contributed by atoms with E-state index in [1.54, 1.807) is 12.1 Å². The lowest BCUT2D eigenvalue weighted by Crippen LogP contribution is -2.39. The quantitative estimate of drug-likeness (QED) is 0.897. The summed E-state index contributed by atoms with van der Waals surface area (Å²) in [5, 5.41) is 6.52. The topological polar surface area (TPSA) is 41.1 Å². The molecule has 1 amide bonds. The van der Waals surface area contributed by atoms with Crippen LogP contribution in [0.4, 0.5) is 4.39 Å². The summed E-state index contributed by atoms with van der Waals surface area (Å²) < 4.78 is 12.8. The molecular weight excluding hydrogens is 291 g/mol. The van der Waals surface area contributed by atoms with Crippen molar-refractivity contribution in [3.8, 4) is 0 Å². The molecule has 2 aliphatic heterocycles. The number of carbonyl (C=O) groups excluding carboxylic acids is 1. The van der Waals surface area contributed by atoms with E-state index < -0.39 is 0 Å². The fourth-order valence-electron chi connectivity index (χ4n) is 3.48. The number of halogens is 2. The van der Waals surface area contributed by atoms with Gasteiger partial charge in [0.05, 0.1) is 0 Å². The maximum Gasteiger partial charge on any atom is 0.220 e. The molecule has 0 aromatic heterocycles. The van der Waals surface area contributed by atoms with Crippen molar-refractivity contribution in [2.75, 3.05) is 0 Å². The minimum Gasteiger partial charge on any atom is -0.352 e. The second-order valence-corrected chi connectivity index (χ2v) is 6.08. The monoisotopic (exact) mass is 312 g/mol. The smallest absolute Gasteiger partial charge is 0.220 e. The Kier molecular flexibility index (Phi) is 5.59. The maximum absolute atomic E-state index is 12.8. The van der Waals surface area contributed by atoms with Gasteiger partial charge >= 0.3 is 0 Å². The van der Waals surface area contributed by atoms with Crippen molar-refractivity contribution in [2.24, 2.45) is 5.92 Å². The zero-order valence-corrected chi connectivity index (χ0v) is 12.8. The highest BCUT2D eigenvalue weighted by molar-refractivity contribution is 5.85. The van der Waals surface area contributed by atoms with Gasteiger partial charge < -0.3 is 10.6 Å². The molecule has 116 valence electrons. The van der Waals surface area contributed by atoms with E-state index in [0.717, 1.165) is 18.4 Å². The lowest BCUT2D eigenvalue weighted by atomic mass is 9.89. The number of fused-ring (bicyclic) bond motifs is 2. The molecule has 0 spiro atoms. The number of hydrogen-bond acceptors (Lipinski definition) is 2. The molecule has 2 fully saturated rings. The third kappa shape index (κ3) is 4.42. The molecule has 2 atom stereocenters. The van der Waals surface area contributed by atoms with E-state index in [1.807, 2.05) is 0 Å². The van der Waals surface area contributed by atoms with Gasteiger partial charge in [0.25, 0.3) is 0 Å². The van der Waals surface area contributed by atoms with Gasteiger partial charge in [0.2, 0.25) is 5.91 Å². The fraction of sp³-hybridized carbons (Fsp3) is 0.562. The Bertz CT molecular complexity index is 468. The zero-order valence-electron chi connectivity index (χ0n) is 12.0. The molecule has 2 saturated heterocycles. The molecule has 5 heteroatoms. The molecule has 0 saturated carbocycles. The third-order valence-electron chi connectivity index (χ3n) is 4.45. The van der Waals surface area contributed by atoms with Crippen LogP contribution in [0.3, 0.4) is 0 Å². The van der Waals surface area contributed by atoms with Crippen LogP contribution in [-0.4, -0.2) is 18.0 Å². The van der Waals surface area contributed by atoms with Crippen LogP contribution in [0.1, 0.15) is 37.7 Å². The van der Waals surface area contributed by atoms with Crippen LogP contribution in [-0.2, 0) is 11.3 Å². The first-order chi connectivity index (χ1) is 9.69. The van der Waals surface area contributed by atoms with Crippen molar-refractivity contribution in [3.63, 3.8) is 0 Å². The molecule has 2 heterocycles. The number of rotatable bonds is 4. The first kappa shape index (κ1) is 16.2. The van der Waals surface area contributed by atoms with Crippen LogP contribution in [0.5, 0.6) is 0 Å². The zero-order chi connectivity index (χ0) is 13.9. The van der Waals surface area contributed by atoms with Crippen molar-refractivity contribution >= 4 is 18.3 Å². The first-order valence-corrected chi connectivity index (χ1v) is 7.46. The Labute approximate surface area is 131 Å². The average molecular weight is 313 g/mol. The predicted octanol–water partition coefficient (Wildman–Crippen LogP) is 2.78. The molecule has 2 N–H and O–H groups in total. The summed E-state index contributed by atoms with van der Waals surface area (Å²) in [6.07, 6.45) is 5.40. The van der Waals surface area contributed by atoms with Gasteiger partial charge in [0.15, 0.2) is 0 Å². The largest absolute Gasteiger partial charge is 0.352 e. The summed E-state index contributed by atoms with van der Waals surface area (Å²) in [4.78, 5) is 12.0. The molecule has 3 nitrogen and oxygen atoms in total. The average Bonchev–Trinajstić information content (AvgIpc) is 2.77. The standard InChI is InChI=1S/C16H21FN2O.ClH/c17-13-3-1-11(2-4-13)10-18-16(20)9-12-7-14-5-6-15(8-12)19-14;/h1-4,12,14-15,19H,5-10H2,(H,18,20);1H. The van der Waals surface area contributed by atoms with E-state index in [9.17, 15) is 9.18 Å². The number of amides is 1. The van der Waals surface area contributed by atoms with Crippen LogP contribution >= 0.6 is 12.4 Å². The molecule has 2 aliphatic rings. The molecule has 0 aliphatic carbocycles. The van der Waals surface area contributed by atoms with Gasteiger partial charge in [-0.1, -0.05) is 12.1 Å². The van der Waals surface area contributed by atoms with E-state index in [-0.39, 0.29) is 24.1 Å². The lowest BCUT2D eigenvalue weighted by molar-refractivity contribution is -0.122. The van der Waals surface area contributed by atoms with Crippen molar-refractivity contribution in [1.29, 1.82) is 0 Å². The molecule has 3 rings (SSSR count). The Balaban J connectivity index is 0.00000161. The SMILES string of the molecule is Cl.O=C(CC1CC2CCC(C1)N2)NCc1ccc(F)cc1. The highest BCUT2D eigenvalue weighted by Crippen LogP contribution is 2.32. The van der Waals surface area contributed by atoms with Crippen LogP contribution < -0.4 is 10.6 Å². The second-order valence-electron chi connectivity index (χ2n) is 6.08. The Morgan fingerprint density at radius 3 is 2.43 bits per heavy atom. The number of benzene rings is 1. The molecule has 1 aromatic rings. The predicted molar refractivity (Wildman–Crippen MR) is 82.8 cm³/mol. The van der Waals surface area contributed by atoms with Crippen molar-refractivity contribution < 1.29 is 9.18 Å².